The van der Waals surface area contributed by atoms with Crippen LogP contribution in [0.25, 0.3) is 0 Å². The van der Waals surface area contributed by atoms with Crippen molar-refractivity contribution in [2.75, 3.05) is 31.2 Å². The smallest absolute Gasteiger partial charge is 0.220 e. The molecule has 6 heteroatoms. The summed E-state index contributed by atoms with van der Waals surface area (Å²) in [6.07, 6.45) is 7.12. The van der Waals surface area contributed by atoms with E-state index in [-0.39, 0.29) is 5.91 Å². The highest BCUT2D eigenvalue weighted by Gasteiger charge is 2.29. The molecule has 0 unspecified atom stereocenters. The molecule has 1 aromatic heterocycles. The molecular formula is C20H30N4O2. The summed E-state index contributed by atoms with van der Waals surface area (Å²) in [6.45, 7) is 5.56. The van der Waals surface area contributed by atoms with Crippen molar-refractivity contribution in [1.82, 2.24) is 15.3 Å². The highest BCUT2D eigenvalue weighted by atomic mass is 16.5. The summed E-state index contributed by atoms with van der Waals surface area (Å²) in [6, 6.07) is 2.41. The predicted octanol–water partition coefficient (Wildman–Crippen LogP) is 2.56. The van der Waals surface area contributed by atoms with E-state index in [0.717, 1.165) is 69.3 Å². The Kier molecular flexibility index (Phi) is 5.38. The molecule has 2 aliphatic heterocycles. The van der Waals surface area contributed by atoms with Gasteiger partial charge in [0.1, 0.15) is 11.6 Å². The highest BCUT2D eigenvalue weighted by Crippen LogP contribution is 2.38. The molecule has 6 nitrogen and oxygen atoms in total. The van der Waals surface area contributed by atoms with Gasteiger partial charge in [-0.1, -0.05) is 0 Å². The highest BCUT2D eigenvalue weighted by molar-refractivity contribution is 5.76. The number of rotatable bonds is 5. The van der Waals surface area contributed by atoms with Crippen molar-refractivity contribution in [3.8, 4) is 0 Å². The maximum Gasteiger partial charge on any atom is 0.220 e. The van der Waals surface area contributed by atoms with Crippen molar-refractivity contribution in [3.63, 3.8) is 0 Å². The Hall–Kier alpha value is -1.69. The number of hydrogen-bond acceptors (Lipinski definition) is 5. The molecule has 0 atom stereocenters. The third-order valence-electron chi connectivity index (χ3n) is 5.80. The van der Waals surface area contributed by atoms with E-state index < -0.39 is 0 Å². The average molecular weight is 358 g/mol. The Morgan fingerprint density at radius 3 is 2.58 bits per heavy atom. The van der Waals surface area contributed by atoms with Crippen LogP contribution in [0.3, 0.4) is 0 Å². The molecule has 0 spiro atoms. The van der Waals surface area contributed by atoms with Crippen molar-refractivity contribution >= 4 is 11.7 Å². The molecule has 0 radical (unpaired) electrons. The molecule has 1 amide bonds. The number of hydrogen-bond donors (Lipinski definition) is 1. The van der Waals surface area contributed by atoms with Gasteiger partial charge in [0.25, 0.3) is 0 Å². The Morgan fingerprint density at radius 2 is 1.88 bits per heavy atom. The number of anilines is 1. The monoisotopic (exact) mass is 358 g/mol. The van der Waals surface area contributed by atoms with Gasteiger partial charge in [-0.25, -0.2) is 9.97 Å². The largest absolute Gasteiger partial charge is 0.381 e. The van der Waals surface area contributed by atoms with Gasteiger partial charge in [0.15, 0.2) is 0 Å². The lowest BCUT2D eigenvalue weighted by molar-refractivity contribution is -0.123. The molecule has 3 fully saturated rings. The topological polar surface area (TPSA) is 67.4 Å². The van der Waals surface area contributed by atoms with Crippen LogP contribution in [0, 0.1) is 12.8 Å². The SMILES string of the molecule is Cc1cc(N2CCC(CC(=O)NC3CCOCC3)CC2)nc(C2CC2)n1. The van der Waals surface area contributed by atoms with Crippen LogP contribution >= 0.6 is 0 Å². The van der Waals surface area contributed by atoms with E-state index in [0.29, 0.717) is 24.3 Å². The van der Waals surface area contributed by atoms with Gasteiger partial charge in [0.2, 0.25) is 5.91 Å². The minimum Gasteiger partial charge on any atom is -0.381 e. The number of nitrogens with one attached hydrogen (secondary N) is 1. The fraction of sp³-hybridized carbons (Fsp3) is 0.750. The second-order valence-electron chi connectivity index (χ2n) is 8.09. The first-order chi connectivity index (χ1) is 12.7. The minimum atomic E-state index is 0.212. The molecule has 0 aromatic carbocycles. The normalized spacial score (nSPS) is 22.4. The number of aromatic nitrogens is 2. The number of carbonyl (C=O) groups excluding carboxylic acids is 1. The molecule has 3 aliphatic rings. The first kappa shape index (κ1) is 17.7. The van der Waals surface area contributed by atoms with Gasteiger partial charge in [-0.3, -0.25) is 4.79 Å². The first-order valence-corrected chi connectivity index (χ1v) is 10.1. The zero-order chi connectivity index (χ0) is 17.9. The zero-order valence-corrected chi connectivity index (χ0v) is 15.7. The zero-order valence-electron chi connectivity index (χ0n) is 15.7. The molecule has 4 rings (SSSR count). The lowest BCUT2D eigenvalue weighted by Gasteiger charge is -2.33. The Balaban J connectivity index is 1.26. The summed E-state index contributed by atoms with van der Waals surface area (Å²) in [5.41, 5.74) is 1.06. The standard InChI is InChI=1S/C20H30N4O2/c1-14-12-18(23-20(21-14)16-2-3-16)24-8-4-15(5-9-24)13-19(25)22-17-6-10-26-11-7-17/h12,15-17H,2-11,13H2,1H3,(H,22,25). The number of amides is 1. The average Bonchev–Trinajstić information content (AvgIpc) is 3.48. The van der Waals surface area contributed by atoms with Crippen LogP contribution in [0.5, 0.6) is 0 Å². The lowest BCUT2D eigenvalue weighted by Crippen LogP contribution is -2.41. The van der Waals surface area contributed by atoms with Gasteiger partial charge in [-0.15, -0.1) is 0 Å². The molecule has 142 valence electrons. The minimum absolute atomic E-state index is 0.212. The third kappa shape index (κ3) is 4.53. The van der Waals surface area contributed by atoms with Gasteiger partial charge >= 0.3 is 0 Å². The maximum absolute atomic E-state index is 12.3. The van der Waals surface area contributed by atoms with Gasteiger partial charge in [-0.2, -0.15) is 0 Å². The number of carbonyl (C=O) groups is 1. The van der Waals surface area contributed by atoms with E-state index >= 15 is 0 Å². The van der Waals surface area contributed by atoms with E-state index in [1.807, 2.05) is 0 Å². The third-order valence-corrected chi connectivity index (χ3v) is 5.80. The molecule has 1 aromatic rings. The molecule has 2 saturated heterocycles. The van der Waals surface area contributed by atoms with E-state index in [1.165, 1.54) is 12.8 Å². The number of nitrogens with zero attached hydrogens (tertiary/aromatic N) is 3. The Labute approximate surface area is 155 Å². The van der Waals surface area contributed by atoms with Crippen LogP contribution in [0.4, 0.5) is 5.82 Å². The van der Waals surface area contributed by atoms with Crippen molar-refractivity contribution in [3.05, 3.63) is 17.6 Å². The molecule has 1 aliphatic carbocycles. The van der Waals surface area contributed by atoms with Crippen molar-refractivity contribution in [2.45, 2.75) is 63.8 Å². The van der Waals surface area contributed by atoms with Crippen LogP contribution in [-0.4, -0.2) is 48.2 Å². The Bertz CT molecular complexity index is 633. The molecule has 3 heterocycles. The molecular weight excluding hydrogens is 328 g/mol. The second-order valence-corrected chi connectivity index (χ2v) is 8.09. The fourth-order valence-electron chi connectivity index (χ4n) is 4.02. The lowest BCUT2D eigenvalue weighted by atomic mass is 9.93. The summed E-state index contributed by atoms with van der Waals surface area (Å²) < 4.78 is 5.35. The molecule has 1 N–H and O–H groups in total. The van der Waals surface area contributed by atoms with E-state index in [9.17, 15) is 4.79 Å². The van der Waals surface area contributed by atoms with Crippen LogP contribution < -0.4 is 10.2 Å². The van der Waals surface area contributed by atoms with Gasteiger partial charge < -0.3 is 15.0 Å². The van der Waals surface area contributed by atoms with Crippen LogP contribution in [0.15, 0.2) is 6.07 Å². The van der Waals surface area contributed by atoms with Crippen LogP contribution in [0.2, 0.25) is 0 Å². The summed E-state index contributed by atoms with van der Waals surface area (Å²) in [7, 11) is 0. The van der Waals surface area contributed by atoms with Crippen molar-refractivity contribution in [1.29, 1.82) is 0 Å². The van der Waals surface area contributed by atoms with Crippen molar-refractivity contribution in [2.24, 2.45) is 5.92 Å². The van der Waals surface area contributed by atoms with Crippen molar-refractivity contribution < 1.29 is 9.53 Å². The summed E-state index contributed by atoms with van der Waals surface area (Å²) in [4.78, 5) is 24.1. The molecule has 26 heavy (non-hydrogen) atoms. The maximum atomic E-state index is 12.3. The second kappa shape index (κ2) is 7.91. The molecule has 0 bridgehead atoms. The quantitative estimate of drug-likeness (QED) is 0.876. The van der Waals surface area contributed by atoms with E-state index in [1.54, 1.807) is 0 Å². The fourth-order valence-corrected chi connectivity index (χ4v) is 4.02. The molecule has 1 saturated carbocycles. The van der Waals surface area contributed by atoms with Gasteiger partial charge in [0.05, 0.1) is 0 Å². The van der Waals surface area contributed by atoms with Crippen LogP contribution in [-0.2, 0) is 9.53 Å². The number of aryl methyl sites for hydroxylation is 1. The summed E-state index contributed by atoms with van der Waals surface area (Å²) in [5.74, 6) is 3.38. The summed E-state index contributed by atoms with van der Waals surface area (Å²) >= 11 is 0. The predicted molar refractivity (Wildman–Crippen MR) is 100 cm³/mol. The Morgan fingerprint density at radius 1 is 1.15 bits per heavy atom. The summed E-state index contributed by atoms with van der Waals surface area (Å²) in [5, 5.41) is 3.19. The number of piperidine rings is 1. The van der Waals surface area contributed by atoms with Gasteiger partial charge in [-0.05, 0) is 51.4 Å². The van der Waals surface area contributed by atoms with Crippen LogP contribution in [0.1, 0.15) is 62.4 Å². The van der Waals surface area contributed by atoms with Gasteiger partial charge in [0, 0.05) is 56.4 Å². The first-order valence-electron chi connectivity index (χ1n) is 10.1. The van der Waals surface area contributed by atoms with E-state index in [2.05, 4.69) is 28.2 Å². The number of ether oxygens (including phenoxy) is 1. The van der Waals surface area contributed by atoms with E-state index in [4.69, 9.17) is 9.72 Å².